The average molecular weight is 542 g/mol. The Bertz CT molecular complexity index is 1490. The fraction of sp³-hybridized carbons (Fsp3) is 0.267. The highest BCUT2D eigenvalue weighted by atomic mass is 16.5. The first-order valence-electron chi connectivity index (χ1n) is 13.4. The molecular weight excluding hydrogens is 506 g/mol. The zero-order chi connectivity index (χ0) is 28.5. The predicted octanol–water partition coefficient (Wildman–Crippen LogP) is 4.11. The number of benzene rings is 3. The van der Waals surface area contributed by atoms with E-state index in [0.29, 0.717) is 59.9 Å². The van der Waals surface area contributed by atoms with Gasteiger partial charge < -0.3 is 31.8 Å². The summed E-state index contributed by atoms with van der Waals surface area (Å²) in [5.41, 5.74) is 19.3. The minimum Gasteiger partial charge on any atom is -0.457 e. The lowest BCUT2D eigenvalue weighted by Crippen LogP contribution is -2.27. The lowest BCUT2D eigenvalue weighted by atomic mass is 10.1. The maximum absolute atomic E-state index is 12.8. The van der Waals surface area contributed by atoms with Crippen LogP contribution in [0.3, 0.4) is 0 Å². The van der Waals surface area contributed by atoms with E-state index in [1.54, 1.807) is 18.2 Å². The summed E-state index contributed by atoms with van der Waals surface area (Å²) in [5.74, 6) is 1.15. The van der Waals surface area contributed by atoms with Gasteiger partial charge in [0.2, 0.25) is 5.91 Å². The molecule has 10 heteroatoms. The standard InChI is InChI=1S/C30H35N7O3/c1-2-3-16-34-29(39)21-14-15-25-24(19-21)36-28(37(25)26(27(31)38)13-8-17-35-30(32)33)20-9-7-12-23(18-20)40-22-10-5-4-6-11-22/h4-7,9-12,14-15,18-19,26H,2-3,8,13,16-17H2,1H3,(H2,31,38)(H,34,39)(H4,32,33,35)/t26-/m0/s1. The summed E-state index contributed by atoms with van der Waals surface area (Å²) in [6, 6.07) is 21.5. The molecule has 3 aromatic carbocycles. The van der Waals surface area contributed by atoms with Gasteiger partial charge >= 0.3 is 0 Å². The Kier molecular flexibility index (Phi) is 9.35. The zero-order valence-corrected chi connectivity index (χ0v) is 22.5. The molecule has 1 aromatic heterocycles. The third kappa shape index (κ3) is 6.96. The predicted molar refractivity (Wildman–Crippen MR) is 157 cm³/mol. The number of amides is 2. The molecule has 40 heavy (non-hydrogen) atoms. The summed E-state index contributed by atoms with van der Waals surface area (Å²) in [5, 5.41) is 2.94. The van der Waals surface area contributed by atoms with Crippen LogP contribution in [0.5, 0.6) is 11.5 Å². The van der Waals surface area contributed by atoms with E-state index in [1.807, 2.05) is 59.2 Å². The van der Waals surface area contributed by atoms with Gasteiger partial charge in [-0.3, -0.25) is 14.6 Å². The minimum absolute atomic E-state index is 0.00984. The summed E-state index contributed by atoms with van der Waals surface area (Å²) in [6.07, 6.45) is 2.80. The van der Waals surface area contributed by atoms with Gasteiger partial charge in [-0.2, -0.15) is 0 Å². The van der Waals surface area contributed by atoms with E-state index < -0.39 is 11.9 Å². The molecule has 0 aliphatic carbocycles. The number of rotatable bonds is 13. The average Bonchev–Trinajstić information content (AvgIpc) is 3.32. The van der Waals surface area contributed by atoms with Gasteiger partial charge in [-0.05, 0) is 61.7 Å². The highest BCUT2D eigenvalue weighted by Crippen LogP contribution is 2.33. The summed E-state index contributed by atoms with van der Waals surface area (Å²) in [6.45, 7) is 3.02. The number of aromatic nitrogens is 2. The van der Waals surface area contributed by atoms with Crippen molar-refractivity contribution in [2.75, 3.05) is 13.1 Å². The SMILES string of the molecule is CCCCNC(=O)c1ccc2c(c1)nc(-c1cccc(Oc3ccccc3)c1)n2[C@@H](CCCN=C(N)N)C(N)=O. The van der Waals surface area contributed by atoms with Crippen molar-refractivity contribution < 1.29 is 14.3 Å². The van der Waals surface area contributed by atoms with Crippen molar-refractivity contribution in [3.8, 4) is 22.9 Å². The molecule has 4 aromatic rings. The number of guanidine groups is 1. The molecule has 1 heterocycles. The van der Waals surface area contributed by atoms with E-state index >= 15 is 0 Å². The van der Waals surface area contributed by atoms with Gasteiger partial charge in [0.05, 0.1) is 11.0 Å². The first-order valence-corrected chi connectivity index (χ1v) is 13.4. The van der Waals surface area contributed by atoms with Crippen LogP contribution < -0.4 is 27.3 Å². The van der Waals surface area contributed by atoms with Crippen molar-refractivity contribution in [1.82, 2.24) is 14.9 Å². The molecule has 2 amide bonds. The van der Waals surface area contributed by atoms with E-state index in [1.165, 1.54) is 0 Å². The largest absolute Gasteiger partial charge is 0.457 e. The minimum atomic E-state index is -0.725. The lowest BCUT2D eigenvalue weighted by molar-refractivity contribution is -0.121. The van der Waals surface area contributed by atoms with Gasteiger partial charge in [-0.1, -0.05) is 43.7 Å². The first kappa shape index (κ1) is 28.2. The molecule has 10 nitrogen and oxygen atoms in total. The fourth-order valence-corrected chi connectivity index (χ4v) is 4.45. The van der Waals surface area contributed by atoms with Crippen molar-refractivity contribution in [3.05, 3.63) is 78.4 Å². The Labute approximate surface area is 233 Å². The Morgan fingerprint density at radius 2 is 1.75 bits per heavy atom. The highest BCUT2D eigenvalue weighted by molar-refractivity contribution is 5.98. The molecule has 0 aliphatic rings. The third-order valence-electron chi connectivity index (χ3n) is 6.41. The van der Waals surface area contributed by atoms with Gasteiger partial charge in [0.15, 0.2) is 5.96 Å². The van der Waals surface area contributed by atoms with Gasteiger partial charge in [0.1, 0.15) is 23.4 Å². The van der Waals surface area contributed by atoms with E-state index in [-0.39, 0.29) is 11.9 Å². The number of fused-ring (bicyclic) bond motifs is 1. The van der Waals surface area contributed by atoms with Crippen LogP contribution in [0.15, 0.2) is 77.8 Å². The molecule has 0 fully saturated rings. The van der Waals surface area contributed by atoms with Crippen LogP contribution in [-0.4, -0.2) is 40.4 Å². The quantitative estimate of drug-likeness (QED) is 0.113. The van der Waals surface area contributed by atoms with Gasteiger partial charge in [-0.15, -0.1) is 0 Å². The number of para-hydroxylation sites is 1. The number of aliphatic imine (C=N–C) groups is 1. The summed E-state index contributed by atoms with van der Waals surface area (Å²) in [4.78, 5) is 34.4. The normalized spacial score (nSPS) is 11.6. The molecule has 0 bridgehead atoms. The van der Waals surface area contributed by atoms with E-state index in [0.717, 1.165) is 18.4 Å². The molecule has 7 N–H and O–H groups in total. The van der Waals surface area contributed by atoms with E-state index in [9.17, 15) is 9.59 Å². The third-order valence-corrected chi connectivity index (χ3v) is 6.41. The van der Waals surface area contributed by atoms with Crippen molar-refractivity contribution in [2.45, 2.75) is 38.6 Å². The second-order valence-electron chi connectivity index (χ2n) is 9.43. The molecule has 0 saturated carbocycles. The number of imidazole rings is 1. The van der Waals surface area contributed by atoms with Crippen LogP contribution in [0.2, 0.25) is 0 Å². The molecule has 0 aliphatic heterocycles. The van der Waals surface area contributed by atoms with Crippen molar-refractivity contribution >= 4 is 28.8 Å². The maximum atomic E-state index is 12.8. The Morgan fingerprint density at radius 3 is 2.48 bits per heavy atom. The summed E-state index contributed by atoms with van der Waals surface area (Å²) < 4.78 is 7.87. The Morgan fingerprint density at radius 1 is 0.975 bits per heavy atom. The first-order chi connectivity index (χ1) is 19.4. The van der Waals surface area contributed by atoms with Crippen LogP contribution in [0, 0.1) is 0 Å². The van der Waals surface area contributed by atoms with E-state index in [2.05, 4.69) is 17.2 Å². The molecule has 0 saturated heterocycles. The number of nitrogens with two attached hydrogens (primary N) is 3. The number of nitrogens with zero attached hydrogens (tertiary/aromatic N) is 3. The van der Waals surface area contributed by atoms with Crippen LogP contribution in [0.25, 0.3) is 22.4 Å². The smallest absolute Gasteiger partial charge is 0.251 e. The second kappa shape index (κ2) is 13.3. The number of hydrogen-bond acceptors (Lipinski definition) is 5. The fourth-order valence-electron chi connectivity index (χ4n) is 4.45. The van der Waals surface area contributed by atoms with Crippen LogP contribution in [-0.2, 0) is 4.79 Å². The molecule has 1 atom stereocenters. The van der Waals surface area contributed by atoms with Gasteiger partial charge in [0.25, 0.3) is 5.91 Å². The van der Waals surface area contributed by atoms with Crippen molar-refractivity contribution in [3.63, 3.8) is 0 Å². The molecular formula is C30H35N7O3. The monoisotopic (exact) mass is 541 g/mol. The number of unbranched alkanes of at least 4 members (excludes halogenated alkanes) is 1. The molecule has 4 rings (SSSR count). The molecule has 0 spiro atoms. The molecule has 0 unspecified atom stereocenters. The summed E-state index contributed by atoms with van der Waals surface area (Å²) in [7, 11) is 0. The van der Waals surface area contributed by atoms with Crippen LogP contribution in [0.4, 0.5) is 0 Å². The number of hydrogen-bond donors (Lipinski definition) is 4. The summed E-state index contributed by atoms with van der Waals surface area (Å²) >= 11 is 0. The van der Waals surface area contributed by atoms with Crippen molar-refractivity contribution in [1.29, 1.82) is 0 Å². The topological polar surface area (TPSA) is 164 Å². The van der Waals surface area contributed by atoms with Crippen LogP contribution >= 0.6 is 0 Å². The zero-order valence-electron chi connectivity index (χ0n) is 22.5. The Balaban J connectivity index is 1.77. The Hall–Kier alpha value is -4.86. The van der Waals surface area contributed by atoms with Gasteiger partial charge in [-0.25, -0.2) is 4.98 Å². The number of ether oxygens (including phenoxy) is 1. The maximum Gasteiger partial charge on any atom is 0.251 e. The van der Waals surface area contributed by atoms with Crippen molar-refractivity contribution in [2.24, 2.45) is 22.2 Å². The number of carbonyl (C=O) groups excluding carboxylic acids is 2. The second-order valence-corrected chi connectivity index (χ2v) is 9.43. The van der Waals surface area contributed by atoms with E-state index in [4.69, 9.17) is 26.9 Å². The van der Waals surface area contributed by atoms with Crippen LogP contribution in [0.1, 0.15) is 49.0 Å². The highest BCUT2D eigenvalue weighted by Gasteiger charge is 2.25. The lowest BCUT2D eigenvalue weighted by Gasteiger charge is -2.19. The molecule has 208 valence electrons. The number of nitrogens with one attached hydrogen (secondary N) is 1. The molecule has 0 radical (unpaired) electrons. The van der Waals surface area contributed by atoms with Gasteiger partial charge in [0, 0.05) is 24.2 Å². The number of carbonyl (C=O) groups is 2. The number of primary amides is 1.